The number of anilines is 1. The molecule has 1 aliphatic carbocycles. The lowest BCUT2D eigenvalue weighted by atomic mass is 10.2. The van der Waals surface area contributed by atoms with E-state index >= 15 is 0 Å². The molecule has 1 fully saturated rings. The molecule has 23 heavy (non-hydrogen) atoms. The van der Waals surface area contributed by atoms with E-state index in [0.717, 1.165) is 30.6 Å². The summed E-state index contributed by atoms with van der Waals surface area (Å²) in [6.07, 6.45) is 3.95. The smallest absolute Gasteiger partial charge is 0.240 e. The summed E-state index contributed by atoms with van der Waals surface area (Å²) in [7, 11) is -3.54. The molecule has 0 spiro atoms. The molecule has 1 unspecified atom stereocenters. The lowest BCUT2D eigenvalue weighted by Crippen LogP contribution is -2.37. The van der Waals surface area contributed by atoms with Gasteiger partial charge >= 0.3 is 0 Å². The Labute approximate surface area is 141 Å². The third-order valence-electron chi connectivity index (χ3n) is 4.36. The average Bonchev–Trinajstić information content (AvgIpc) is 2.97. The van der Waals surface area contributed by atoms with Gasteiger partial charge < -0.3 is 4.90 Å². The summed E-state index contributed by atoms with van der Waals surface area (Å²) < 4.78 is 28.0. The Kier molecular flexibility index (Phi) is 4.71. The van der Waals surface area contributed by atoms with Gasteiger partial charge in [0.15, 0.2) is 0 Å². The summed E-state index contributed by atoms with van der Waals surface area (Å²) in [6, 6.07) is 5.12. The first-order chi connectivity index (χ1) is 10.9. The van der Waals surface area contributed by atoms with Crippen LogP contribution in [-0.2, 0) is 14.8 Å². The van der Waals surface area contributed by atoms with Gasteiger partial charge in [-0.1, -0.05) is 19.8 Å². The molecule has 2 aliphatic rings. The van der Waals surface area contributed by atoms with Crippen LogP contribution in [0, 0.1) is 0 Å². The monoisotopic (exact) mass is 354 g/mol. The molecule has 1 saturated carbocycles. The van der Waals surface area contributed by atoms with Crippen molar-refractivity contribution in [2.45, 2.75) is 60.6 Å². The van der Waals surface area contributed by atoms with E-state index in [2.05, 4.69) is 11.6 Å². The first kappa shape index (κ1) is 16.8. The lowest BCUT2D eigenvalue weighted by molar-refractivity contribution is -0.116. The molecule has 0 saturated heterocycles. The van der Waals surface area contributed by atoms with Crippen LogP contribution >= 0.6 is 11.8 Å². The van der Waals surface area contributed by atoms with E-state index in [1.165, 1.54) is 6.92 Å². The number of thioether (sulfide) groups is 1. The van der Waals surface area contributed by atoms with E-state index in [0.29, 0.717) is 17.5 Å². The predicted molar refractivity (Wildman–Crippen MR) is 92.4 cm³/mol. The molecule has 1 aromatic carbocycles. The zero-order valence-electron chi connectivity index (χ0n) is 13.4. The van der Waals surface area contributed by atoms with Crippen LogP contribution in [0.3, 0.4) is 0 Å². The van der Waals surface area contributed by atoms with Crippen molar-refractivity contribution in [2.75, 3.05) is 11.4 Å². The molecule has 0 aromatic heterocycles. The molecule has 1 amide bonds. The Morgan fingerprint density at radius 2 is 2.00 bits per heavy atom. The molecule has 5 nitrogen and oxygen atoms in total. The largest absolute Gasteiger partial charge is 0.310 e. The van der Waals surface area contributed by atoms with E-state index in [-0.39, 0.29) is 16.8 Å². The summed E-state index contributed by atoms with van der Waals surface area (Å²) in [5, 5.41) is 0.297. The van der Waals surface area contributed by atoms with E-state index < -0.39 is 10.0 Å². The van der Waals surface area contributed by atoms with Crippen LogP contribution in [0.25, 0.3) is 0 Å². The topological polar surface area (TPSA) is 66.5 Å². The minimum absolute atomic E-state index is 0.0364. The number of carbonyl (C=O) groups excluding carboxylic acids is 1. The van der Waals surface area contributed by atoms with Crippen LogP contribution in [-0.4, -0.2) is 32.2 Å². The first-order valence-corrected chi connectivity index (χ1v) is 10.3. The number of nitrogens with one attached hydrogen (secondary N) is 1. The molecule has 0 bridgehead atoms. The zero-order valence-corrected chi connectivity index (χ0v) is 15.0. The molecule has 126 valence electrons. The molecule has 1 aliphatic heterocycles. The second kappa shape index (κ2) is 6.45. The van der Waals surface area contributed by atoms with Gasteiger partial charge in [-0.25, -0.2) is 13.1 Å². The van der Waals surface area contributed by atoms with E-state index in [4.69, 9.17) is 0 Å². The number of hydrogen-bond donors (Lipinski definition) is 1. The molecular formula is C16H22N2O3S2. The van der Waals surface area contributed by atoms with Gasteiger partial charge in [0.05, 0.1) is 10.6 Å². The number of rotatable bonds is 3. The minimum atomic E-state index is -3.54. The maximum Gasteiger partial charge on any atom is 0.240 e. The van der Waals surface area contributed by atoms with Crippen LogP contribution in [0.1, 0.15) is 39.5 Å². The summed E-state index contributed by atoms with van der Waals surface area (Å²) in [6.45, 7) is 4.19. The molecule has 1 N–H and O–H groups in total. The average molecular weight is 354 g/mol. The summed E-state index contributed by atoms with van der Waals surface area (Å²) in [5.41, 5.74) is 0.704. The van der Waals surface area contributed by atoms with Gasteiger partial charge in [0, 0.05) is 29.7 Å². The number of nitrogens with zero attached hydrogens (tertiary/aromatic N) is 1. The SMILES string of the molecule is CC(=O)N1CC(C)Sc2ccc(S(=O)(=O)NC3CCCC3)cc21. The van der Waals surface area contributed by atoms with Crippen LogP contribution < -0.4 is 9.62 Å². The lowest BCUT2D eigenvalue weighted by Gasteiger charge is -2.32. The summed E-state index contributed by atoms with van der Waals surface area (Å²) >= 11 is 1.68. The number of amides is 1. The highest BCUT2D eigenvalue weighted by Gasteiger charge is 2.28. The van der Waals surface area contributed by atoms with Crippen LogP contribution in [0.5, 0.6) is 0 Å². The van der Waals surface area contributed by atoms with Crippen molar-refractivity contribution in [2.24, 2.45) is 0 Å². The molecule has 7 heteroatoms. The number of sulfonamides is 1. The molecule has 1 atom stereocenters. The van der Waals surface area contributed by atoms with Crippen molar-refractivity contribution in [3.63, 3.8) is 0 Å². The van der Waals surface area contributed by atoms with E-state index in [1.807, 2.05) is 6.07 Å². The second-order valence-corrected chi connectivity index (χ2v) is 9.48. The zero-order chi connectivity index (χ0) is 16.6. The highest BCUT2D eigenvalue weighted by atomic mass is 32.2. The van der Waals surface area contributed by atoms with Gasteiger partial charge in [-0.3, -0.25) is 4.79 Å². The van der Waals surface area contributed by atoms with Crippen molar-refractivity contribution in [1.82, 2.24) is 4.72 Å². The van der Waals surface area contributed by atoms with Crippen molar-refractivity contribution >= 4 is 33.4 Å². The Morgan fingerprint density at radius 1 is 1.30 bits per heavy atom. The van der Waals surface area contributed by atoms with Crippen LogP contribution in [0.15, 0.2) is 28.0 Å². The third-order valence-corrected chi connectivity index (χ3v) is 7.03. The highest BCUT2D eigenvalue weighted by Crippen LogP contribution is 2.39. The van der Waals surface area contributed by atoms with Crippen molar-refractivity contribution in [3.05, 3.63) is 18.2 Å². The van der Waals surface area contributed by atoms with Gasteiger partial charge in [-0.2, -0.15) is 0 Å². The standard InChI is InChI=1S/C16H22N2O3S2/c1-11-10-18(12(2)19)15-9-14(7-8-16(15)22-11)23(20,21)17-13-5-3-4-6-13/h7-9,11,13,17H,3-6,10H2,1-2H3. The van der Waals surface area contributed by atoms with Crippen molar-refractivity contribution < 1.29 is 13.2 Å². The maximum atomic E-state index is 12.6. The summed E-state index contributed by atoms with van der Waals surface area (Å²) in [4.78, 5) is 14.8. The van der Waals surface area contributed by atoms with Gasteiger partial charge in [-0.15, -0.1) is 11.8 Å². The molecular weight excluding hydrogens is 332 g/mol. The number of hydrogen-bond acceptors (Lipinski definition) is 4. The van der Waals surface area contributed by atoms with Gasteiger partial charge in [0.2, 0.25) is 15.9 Å². The molecule has 0 radical (unpaired) electrons. The number of benzene rings is 1. The minimum Gasteiger partial charge on any atom is -0.310 e. The van der Waals surface area contributed by atoms with Crippen molar-refractivity contribution in [3.8, 4) is 0 Å². The Bertz CT molecular complexity index is 712. The Hall–Kier alpha value is -1.05. The van der Waals surface area contributed by atoms with Crippen LogP contribution in [0.2, 0.25) is 0 Å². The Morgan fingerprint density at radius 3 is 2.65 bits per heavy atom. The maximum absolute atomic E-state index is 12.6. The normalized spacial score (nSPS) is 22.2. The number of fused-ring (bicyclic) bond motifs is 1. The fourth-order valence-electron chi connectivity index (χ4n) is 3.21. The molecule has 3 rings (SSSR count). The Balaban J connectivity index is 1.93. The fourth-order valence-corrected chi connectivity index (χ4v) is 5.63. The van der Waals surface area contributed by atoms with Crippen molar-refractivity contribution in [1.29, 1.82) is 0 Å². The second-order valence-electron chi connectivity index (χ2n) is 6.29. The first-order valence-electron chi connectivity index (χ1n) is 7.98. The van der Waals surface area contributed by atoms with Crippen LogP contribution in [0.4, 0.5) is 5.69 Å². The highest BCUT2D eigenvalue weighted by molar-refractivity contribution is 8.00. The van der Waals surface area contributed by atoms with E-state index in [9.17, 15) is 13.2 Å². The predicted octanol–water partition coefficient (Wildman–Crippen LogP) is 2.75. The summed E-state index contributed by atoms with van der Waals surface area (Å²) in [5.74, 6) is -0.0586. The number of carbonyl (C=O) groups is 1. The fraction of sp³-hybridized carbons (Fsp3) is 0.562. The molecule has 1 aromatic rings. The third kappa shape index (κ3) is 3.56. The van der Waals surface area contributed by atoms with Gasteiger partial charge in [0.25, 0.3) is 0 Å². The van der Waals surface area contributed by atoms with Gasteiger partial charge in [0.1, 0.15) is 0 Å². The molecule has 1 heterocycles. The van der Waals surface area contributed by atoms with Gasteiger partial charge in [-0.05, 0) is 31.0 Å². The quantitative estimate of drug-likeness (QED) is 0.906. The van der Waals surface area contributed by atoms with E-state index in [1.54, 1.807) is 28.8 Å².